The van der Waals surface area contributed by atoms with E-state index in [1.807, 2.05) is 19.1 Å². The molecule has 0 aliphatic heterocycles. The Morgan fingerprint density at radius 3 is 2.76 bits per heavy atom. The van der Waals surface area contributed by atoms with Gasteiger partial charge in [0.2, 0.25) is 0 Å². The number of aromatic nitrogens is 1. The molecule has 1 heterocycles. The lowest BCUT2D eigenvalue weighted by Gasteiger charge is -2.05. The van der Waals surface area contributed by atoms with E-state index < -0.39 is 5.97 Å². The largest absolute Gasteiger partial charge is 0.379 e. The lowest BCUT2D eigenvalue weighted by molar-refractivity contribution is 0.0512. The van der Waals surface area contributed by atoms with Crippen molar-refractivity contribution >= 4 is 23.6 Å². The first-order valence-electron chi connectivity index (χ1n) is 6.40. The molecular weight excluding hydrogens is 286 g/mol. The van der Waals surface area contributed by atoms with E-state index in [0.29, 0.717) is 11.3 Å². The third kappa shape index (κ3) is 4.06. The number of hydrogen-bond donors (Lipinski definition) is 1. The number of nitrogens with two attached hydrogens (primary N) is 1. The van der Waals surface area contributed by atoms with Crippen molar-refractivity contribution in [1.29, 1.82) is 0 Å². The SMILES string of the molecule is CCSc1ccccc1C(=O)O/N=C(/N)c1ccccn1. The Morgan fingerprint density at radius 1 is 1.29 bits per heavy atom. The lowest BCUT2D eigenvalue weighted by Crippen LogP contribution is -2.16. The average Bonchev–Trinajstić information content (AvgIpc) is 2.54. The number of amidine groups is 1. The zero-order valence-electron chi connectivity index (χ0n) is 11.5. The van der Waals surface area contributed by atoms with Gasteiger partial charge in [-0.1, -0.05) is 30.3 Å². The van der Waals surface area contributed by atoms with Gasteiger partial charge in [0.1, 0.15) is 5.69 Å². The molecule has 0 atom stereocenters. The second-order valence-corrected chi connectivity index (χ2v) is 5.31. The summed E-state index contributed by atoms with van der Waals surface area (Å²) < 4.78 is 0. The van der Waals surface area contributed by atoms with Crippen LogP contribution in [0.25, 0.3) is 0 Å². The molecule has 2 aromatic rings. The summed E-state index contributed by atoms with van der Waals surface area (Å²) in [6.45, 7) is 2.02. The first kappa shape index (κ1) is 15.1. The van der Waals surface area contributed by atoms with Crippen LogP contribution in [0.2, 0.25) is 0 Å². The fraction of sp³-hybridized carbons (Fsp3) is 0.133. The summed E-state index contributed by atoms with van der Waals surface area (Å²) in [5.74, 6) is 0.388. The third-order valence-corrected chi connectivity index (χ3v) is 3.52. The van der Waals surface area contributed by atoms with Gasteiger partial charge in [0, 0.05) is 11.1 Å². The Balaban J connectivity index is 2.12. The van der Waals surface area contributed by atoms with Crippen LogP contribution in [0.5, 0.6) is 0 Å². The number of pyridine rings is 1. The maximum absolute atomic E-state index is 12.1. The number of nitrogens with zero attached hydrogens (tertiary/aromatic N) is 2. The average molecular weight is 301 g/mol. The van der Waals surface area contributed by atoms with Crippen molar-refractivity contribution in [2.75, 3.05) is 5.75 Å². The molecule has 0 amide bonds. The van der Waals surface area contributed by atoms with E-state index in [2.05, 4.69) is 10.1 Å². The van der Waals surface area contributed by atoms with Gasteiger partial charge >= 0.3 is 5.97 Å². The van der Waals surface area contributed by atoms with Crippen molar-refractivity contribution in [1.82, 2.24) is 4.98 Å². The van der Waals surface area contributed by atoms with Crippen LogP contribution in [0.4, 0.5) is 0 Å². The molecule has 2 rings (SSSR count). The monoisotopic (exact) mass is 301 g/mol. The molecule has 6 heteroatoms. The molecular formula is C15H15N3O2S. The second-order valence-electron chi connectivity index (χ2n) is 4.00. The van der Waals surface area contributed by atoms with Gasteiger partial charge in [0.25, 0.3) is 0 Å². The third-order valence-electron chi connectivity index (χ3n) is 2.56. The van der Waals surface area contributed by atoms with Crippen LogP contribution in [0.1, 0.15) is 23.0 Å². The van der Waals surface area contributed by atoms with Gasteiger partial charge in [0.05, 0.1) is 5.56 Å². The van der Waals surface area contributed by atoms with Crippen LogP contribution in [0.3, 0.4) is 0 Å². The maximum Gasteiger partial charge on any atom is 0.366 e. The standard InChI is InChI=1S/C15H15N3O2S/c1-2-21-13-9-4-3-7-11(13)15(19)20-18-14(16)12-8-5-6-10-17-12/h3-10H,2H2,1H3,(H2,16,18). The van der Waals surface area contributed by atoms with Gasteiger partial charge in [-0.25, -0.2) is 4.79 Å². The van der Waals surface area contributed by atoms with Crippen molar-refractivity contribution in [3.8, 4) is 0 Å². The minimum absolute atomic E-state index is 0.0598. The van der Waals surface area contributed by atoms with Gasteiger partial charge in [-0.3, -0.25) is 4.98 Å². The van der Waals surface area contributed by atoms with Gasteiger partial charge in [-0.2, -0.15) is 0 Å². The first-order chi connectivity index (χ1) is 10.2. The Morgan fingerprint density at radius 2 is 2.05 bits per heavy atom. The van der Waals surface area contributed by atoms with Crippen molar-refractivity contribution in [2.45, 2.75) is 11.8 Å². The molecule has 0 spiro atoms. The zero-order valence-corrected chi connectivity index (χ0v) is 12.3. The minimum Gasteiger partial charge on any atom is -0.379 e. The van der Waals surface area contributed by atoms with Gasteiger partial charge in [-0.15, -0.1) is 11.8 Å². The molecule has 108 valence electrons. The molecule has 0 bridgehead atoms. The van der Waals surface area contributed by atoms with Crippen LogP contribution < -0.4 is 5.73 Å². The predicted molar refractivity (Wildman–Crippen MR) is 83.2 cm³/mol. The second kappa shape index (κ2) is 7.44. The van der Waals surface area contributed by atoms with E-state index in [4.69, 9.17) is 10.6 Å². The van der Waals surface area contributed by atoms with Crippen molar-refractivity contribution in [2.24, 2.45) is 10.9 Å². The highest BCUT2D eigenvalue weighted by atomic mass is 32.2. The molecule has 0 aliphatic rings. The molecule has 0 fully saturated rings. The van der Waals surface area contributed by atoms with E-state index in [-0.39, 0.29) is 5.84 Å². The fourth-order valence-electron chi connectivity index (χ4n) is 1.62. The number of hydrogen-bond acceptors (Lipinski definition) is 5. The summed E-state index contributed by atoms with van der Waals surface area (Å²) in [7, 11) is 0. The van der Waals surface area contributed by atoms with Crippen LogP contribution in [0.15, 0.2) is 58.7 Å². The maximum atomic E-state index is 12.1. The van der Waals surface area contributed by atoms with E-state index in [0.717, 1.165) is 10.6 Å². The molecule has 0 saturated heterocycles. The van der Waals surface area contributed by atoms with Gasteiger partial charge in [-0.05, 0) is 30.0 Å². The topological polar surface area (TPSA) is 77.6 Å². The van der Waals surface area contributed by atoms with Crippen LogP contribution in [0, 0.1) is 0 Å². The van der Waals surface area contributed by atoms with Gasteiger partial charge in [0.15, 0.2) is 5.84 Å². The summed E-state index contributed by atoms with van der Waals surface area (Å²) in [6, 6.07) is 12.5. The summed E-state index contributed by atoms with van der Waals surface area (Å²) in [5.41, 5.74) is 6.66. The summed E-state index contributed by atoms with van der Waals surface area (Å²) >= 11 is 1.57. The molecule has 0 aliphatic carbocycles. The summed E-state index contributed by atoms with van der Waals surface area (Å²) in [4.78, 5) is 21.8. The number of carbonyl (C=O) groups is 1. The quantitative estimate of drug-likeness (QED) is 0.302. The highest BCUT2D eigenvalue weighted by Crippen LogP contribution is 2.22. The molecule has 0 unspecified atom stereocenters. The number of rotatable bonds is 5. The fourth-order valence-corrected chi connectivity index (χ4v) is 2.41. The van der Waals surface area contributed by atoms with E-state index in [9.17, 15) is 4.79 Å². The Kier molecular flexibility index (Phi) is 5.34. The van der Waals surface area contributed by atoms with Crippen molar-refractivity contribution in [3.63, 3.8) is 0 Å². The molecule has 1 aromatic heterocycles. The first-order valence-corrected chi connectivity index (χ1v) is 7.39. The van der Waals surface area contributed by atoms with Crippen LogP contribution in [-0.2, 0) is 4.84 Å². The molecule has 5 nitrogen and oxygen atoms in total. The lowest BCUT2D eigenvalue weighted by atomic mass is 10.2. The van der Waals surface area contributed by atoms with E-state index in [1.54, 1.807) is 48.3 Å². The van der Waals surface area contributed by atoms with Gasteiger partial charge < -0.3 is 10.6 Å². The van der Waals surface area contributed by atoms with Crippen LogP contribution in [-0.4, -0.2) is 22.5 Å². The van der Waals surface area contributed by atoms with Crippen molar-refractivity contribution < 1.29 is 9.63 Å². The Hall–Kier alpha value is -2.34. The number of carbonyl (C=O) groups excluding carboxylic acids is 1. The van der Waals surface area contributed by atoms with E-state index in [1.165, 1.54) is 0 Å². The molecule has 21 heavy (non-hydrogen) atoms. The van der Waals surface area contributed by atoms with Crippen LogP contribution >= 0.6 is 11.8 Å². The smallest absolute Gasteiger partial charge is 0.366 e. The zero-order chi connectivity index (χ0) is 15.1. The number of thioether (sulfide) groups is 1. The highest BCUT2D eigenvalue weighted by molar-refractivity contribution is 7.99. The molecule has 1 aromatic carbocycles. The highest BCUT2D eigenvalue weighted by Gasteiger charge is 2.13. The summed E-state index contributed by atoms with van der Waals surface area (Å²) in [5, 5.41) is 3.65. The Labute approximate surface area is 127 Å². The normalized spacial score (nSPS) is 11.2. The predicted octanol–water partition coefficient (Wildman–Crippen LogP) is 2.67. The molecule has 0 saturated carbocycles. The molecule has 2 N–H and O–H groups in total. The minimum atomic E-state index is -0.537. The van der Waals surface area contributed by atoms with Crippen molar-refractivity contribution in [3.05, 3.63) is 59.9 Å². The summed E-state index contributed by atoms with van der Waals surface area (Å²) in [6.07, 6.45) is 1.59. The molecule has 0 radical (unpaired) electrons. The Bertz CT molecular complexity index is 644. The van der Waals surface area contributed by atoms with E-state index >= 15 is 0 Å². The number of benzene rings is 1. The number of oxime groups is 1.